The Bertz CT molecular complexity index is 782. The Morgan fingerprint density at radius 2 is 2.28 bits per heavy atom. The zero-order valence-corrected chi connectivity index (χ0v) is 11.2. The van der Waals surface area contributed by atoms with Gasteiger partial charge in [0.25, 0.3) is 5.56 Å². The smallest absolute Gasteiger partial charge is 0.259 e. The molecule has 0 aromatic carbocycles. The van der Waals surface area contributed by atoms with Crippen molar-refractivity contribution >= 4 is 39.8 Å². The third-order valence-electron chi connectivity index (χ3n) is 2.38. The molecule has 0 saturated heterocycles. The van der Waals surface area contributed by atoms with Crippen molar-refractivity contribution in [2.24, 2.45) is 0 Å². The van der Waals surface area contributed by atoms with Crippen molar-refractivity contribution in [1.29, 1.82) is 0 Å². The van der Waals surface area contributed by atoms with Crippen LogP contribution >= 0.6 is 22.7 Å². The molecule has 3 rings (SSSR count). The summed E-state index contributed by atoms with van der Waals surface area (Å²) in [6.07, 6.45) is 7.31. The minimum absolute atomic E-state index is 0.0543. The van der Waals surface area contributed by atoms with Crippen LogP contribution in [0.15, 0.2) is 28.6 Å². The molecule has 0 spiro atoms. The lowest BCUT2D eigenvalue weighted by molar-refractivity contribution is 1.07. The summed E-state index contributed by atoms with van der Waals surface area (Å²) in [5.41, 5.74) is 0.620. The number of aromatic nitrogens is 3. The van der Waals surface area contributed by atoms with Gasteiger partial charge in [0.2, 0.25) is 0 Å². The van der Waals surface area contributed by atoms with Crippen LogP contribution in [-0.4, -0.2) is 14.4 Å². The van der Waals surface area contributed by atoms with E-state index >= 15 is 0 Å². The number of aryl methyl sites for hydroxylation is 1. The SMILES string of the molecule is Cc1ncc(/C=C/c2cc(=O)n3ccsc3n2)s1. The Morgan fingerprint density at radius 1 is 1.39 bits per heavy atom. The lowest BCUT2D eigenvalue weighted by atomic mass is 10.3. The van der Waals surface area contributed by atoms with E-state index in [1.165, 1.54) is 17.4 Å². The van der Waals surface area contributed by atoms with E-state index in [9.17, 15) is 4.79 Å². The minimum Gasteiger partial charge on any atom is -0.269 e. The van der Waals surface area contributed by atoms with Crippen molar-refractivity contribution in [3.05, 3.63) is 49.8 Å². The Labute approximate surface area is 111 Å². The molecule has 18 heavy (non-hydrogen) atoms. The fourth-order valence-corrected chi connectivity index (χ4v) is 2.98. The standard InChI is InChI=1S/C12H9N3OS2/c1-8-13-7-10(18-8)3-2-9-6-11(16)15-4-5-17-12(15)14-9/h2-7H,1H3/b3-2+. The second kappa shape index (κ2) is 4.47. The Balaban J connectivity index is 1.99. The molecule has 0 aliphatic carbocycles. The number of hydrogen-bond acceptors (Lipinski definition) is 5. The average molecular weight is 275 g/mol. The fraction of sp³-hybridized carbons (Fsp3) is 0.0833. The number of nitrogens with zero attached hydrogens (tertiary/aromatic N) is 3. The van der Waals surface area contributed by atoms with Gasteiger partial charge >= 0.3 is 0 Å². The van der Waals surface area contributed by atoms with Gasteiger partial charge < -0.3 is 0 Å². The molecule has 4 nitrogen and oxygen atoms in total. The summed E-state index contributed by atoms with van der Waals surface area (Å²) in [5, 5.41) is 2.88. The predicted molar refractivity (Wildman–Crippen MR) is 75.1 cm³/mol. The van der Waals surface area contributed by atoms with Gasteiger partial charge in [-0.2, -0.15) is 0 Å². The second-order valence-electron chi connectivity index (χ2n) is 3.69. The fourth-order valence-electron chi connectivity index (χ4n) is 1.57. The molecule has 0 aliphatic rings. The van der Waals surface area contributed by atoms with Crippen LogP contribution in [0.3, 0.4) is 0 Å². The van der Waals surface area contributed by atoms with Crippen LogP contribution in [0.25, 0.3) is 17.1 Å². The molecular formula is C12H9N3OS2. The van der Waals surface area contributed by atoms with Gasteiger partial charge in [-0.15, -0.1) is 22.7 Å². The molecule has 90 valence electrons. The van der Waals surface area contributed by atoms with Gasteiger partial charge in [-0.05, 0) is 19.1 Å². The summed E-state index contributed by atoms with van der Waals surface area (Å²) in [5.74, 6) is 0. The largest absolute Gasteiger partial charge is 0.269 e. The minimum atomic E-state index is -0.0543. The highest BCUT2D eigenvalue weighted by molar-refractivity contribution is 7.15. The van der Waals surface area contributed by atoms with Crippen LogP contribution in [0, 0.1) is 6.92 Å². The third-order valence-corrected chi connectivity index (χ3v) is 4.02. The average Bonchev–Trinajstić information content (AvgIpc) is 2.95. The topological polar surface area (TPSA) is 47.3 Å². The quantitative estimate of drug-likeness (QED) is 0.722. The first-order valence-electron chi connectivity index (χ1n) is 5.30. The monoisotopic (exact) mass is 275 g/mol. The highest BCUT2D eigenvalue weighted by Crippen LogP contribution is 2.15. The maximum Gasteiger partial charge on any atom is 0.259 e. The van der Waals surface area contributed by atoms with Gasteiger partial charge in [-0.25, -0.2) is 9.97 Å². The van der Waals surface area contributed by atoms with E-state index < -0.39 is 0 Å². The lowest BCUT2D eigenvalue weighted by Crippen LogP contribution is -2.11. The van der Waals surface area contributed by atoms with Gasteiger partial charge in [-0.3, -0.25) is 9.20 Å². The van der Waals surface area contributed by atoms with E-state index in [1.807, 2.05) is 30.7 Å². The summed E-state index contributed by atoms with van der Waals surface area (Å²) < 4.78 is 1.54. The molecule has 3 heterocycles. The van der Waals surface area contributed by atoms with Crippen LogP contribution < -0.4 is 5.56 Å². The van der Waals surface area contributed by atoms with E-state index in [0.29, 0.717) is 10.7 Å². The maximum absolute atomic E-state index is 11.8. The molecule has 0 amide bonds. The van der Waals surface area contributed by atoms with Crippen LogP contribution in [0.5, 0.6) is 0 Å². The van der Waals surface area contributed by atoms with Gasteiger partial charge in [-0.1, -0.05) is 0 Å². The first-order valence-corrected chi connectivity index (χ1v) is 6.99. The zero-order valence-electron chi connectivity index (χ0n) is 9.53. The Kier molecular flexibility index (Phi) is 2.81. The van der Waals surface area contributed by atoms with Crippen LogP contribution in [0.4, 0.5) is 0 Å². The first-order chi connectivity index (χ1) is 8.72. The van der Waals surface area contributed by atoms with E-state index in [0.717, 1.165) is 9.88 Å². The van der Waals surface area contributed by atoms with Gasteiger partial charge in [0.05, 0.1) is 10.7 Å². The molecule has 0 unspecified atom stereocenters. The highest BCUT2D eigenvalue weighted by atomic mass is 32.1. The van der Waals surface area contributed by atoms with E-state index in [2.05, 4.69) is 9.97 Å². The molecule has 0 fully saturated rings. The molecule has 3 aromatic rings. The van der Waals surface area contributed by atoms with Crippen molar-refractivity contribution in [3.63, 3.8) is 0 Å². The molecule has 6 heteroatoms. The van der Waals surface area contributed by atoms with Crippen LogP contribution in [-0.2, 0) is 0 Å². The van der Waals surface area contributed by atoms with Crippen molar-refractivity contribution in [2.75, 3.05) is 0 Å². The second-order valence-corrected chi connectivity index (χ2v) is 5.83. The third kappa shape index (κ3) is 2.12. The number of fused-ring (bicyclic) bond motifs is 1. The van der Waals surface area contributed by atoms with Crippen molar-refractivity contribution in [2.45, 2.75) is 6.92 Å². The highest BCUT2D eigenvalue weighted by Gasteiger charge is 2.01. The molecule has 0 aliphatic heterocycles. The maximum atomic E-state index is 11.8. The van der Waals surface area contributed by atoms with E-state index in [1.54, 1.807) is 21.9 Å². The predicted octanol–water partition coefficient (Wildman–Crippen LogP) is 2.69. The van der Waals surface area contributed by atoms with Crippen molar-refractivity contribution in [3.8, 4) is 0 Å². The van der Waals surface area contributed by atoms with Gasteiger partial charge in [0, 0.05) is 28.7 Å². The van der Waals surface area contributed by atoms with E-state index in [-0.39, 0.29) is 5.56 Å². The molecule has 0 N–H and O–H groups in total. The summed E-state index contributed by atoms with van der Waals surface area (Å²) in [6, 6.07) is 1.53. The number of rotatable bonds is 2. The molecule has 0 atom stereocenters. The van der Waals surface area contributed by atoms with E-state index in [4.69, 9.17) is 0 Å². The summed E-state index contributed by atoms with van der Waals surface area (Å²) in [4.78, 5) is 22.1. The molecule has 0 radical (unpaired) electrons. The normalized spacial score (nSPS) is 11.6. The molecule has 0 saturated carbocycles. The van der Waals surface area contributed by atoms with Crippen molar-refractivity contribution in [1.82, 2.24) is 14.4 Å². The molecular weight excluding hydrogens is 266 g/mol. The Morgan fingerprint density at radius 3 is 3.06 bits per heavy atom. The lowest BCUT2D eigenvalue weighted by Gasteiger charge is -1.93. The van der Waals surface area contributed by atoms with Crippen LogP contribution in [0.2, 0.25) is 0 Å². The van der Waals surface area contributed by atoms with Gasteiger partial charge in [0.15, 0.2) is 4.96 Å². The molecule has 3 aromatic heterocycles. The summed E-state index contributed by atoms with van der Waals surface area (Å²) in [6.45, 7) is 1.96. The van der Waals surface area contributed by atoms with Gasteiger partial charge in [0.1, 0.15) is 0 Å². The molecule has 0 bridgehead atoms. The summed E-state index contributed by atoms with van der Waals surface area (Å²) >= 11 is 3.06. The Hall–Kier alpha value is -1.79. The summed E-state index contributed by atoms with van der Waals surface area (Å²) in [7, 11) is 0. The van der Waals surface area contributed by atoms with Crippen LogP contribution in [0.1, 0.15) is 15.6 Å². The zero-order chi connectivity index (χ0) is 12.5. The first kappa shape index (κ1) is 11.3. The number of hydrogen-bond donors (Lipinski definition) is 0. The van der Waals surface area contributed by atoms with Crippen molar-refractivity contribution < 1.29 is 0 Å². The number of thiazole rings is 2.